The molecule has 3 heterocycles. The molecule has 0 radical (unpaired) electrons. The summed E-state index contributed by atoms with van der Waals surface area (Å²) in [5, 5.41) is 0.783. The van der Waals surface area contributed by atoms with Crippen molar-refractivity contribution in [3.63, 3.8) is 0 Å². The van der Waals surface area contributed by atoms with Crippen LogP contribution in [-0.4, -0.2) is 81.6 Å². The molecular formula is C24H31F2N5OS. The van der Waals surface area contributed by atoms with Crippen molar-refractivity contribution in [2.45, 2.75) is 49.7 Å². The highest BCUT2D eigenvalue weighted by molar-refractivity contribution is 7.99. The lowest BCUT2D eigenvalue weighted by Crippen LogP contribution is -2.46. The summed E-state index contributed by atoms with van der Waals surface area (Å²) in [4.78, 5) is 28.8. The Labute approximate surface area is 198 Å². The molecule has 2 aliphatic rings. The molecule has 33 heavy (non-hydrogen) atoms. The predicted molar refractivity (Wildman–Crippen MR) is 125 cm³/mol. The number of halogens is 2. The van der Waals surface area contributed by atoms with Gasteiger partial charge >= 0.3 is 0 Å². The Morgan fingerprint density at radius 2 is 1.85 bits per heavy atom. The Morgan fingerprint density at radius 1 is 1.09 bits per heavy atom. The van der Waals surface area contributed by atoms with Crippen LogP contribution < -0.4 is 0 Å². The highest BCUT2D eigenvalue weighted by atomic mass is 32.2. The summed E-state index contributed by atoms with van der Waals surface area (Å²) in [5.74, 6) is -0.849. The lowest BCUT2D eigenvalue weighted by molar-refractivity contribution is -0.136. The minimum Gasteiger partial charge on any atom is -0.340 e. The van der Waals surface area contributed by atoms with Crippen LogP contribution in [0.15, 0.2) is 29.4 Å². The fourth-order valence-electron chi connectivity index (χ4n) is 4.63. The number of amides is 1. The van der Waals surface area contributed by atoms with E-state index in [9.17, 15) is 13.6 Å². The molecule has 1 aromatic carbocycles. The summed E-state index contributed by atoms with van der Waals surface area (Å²) in [6.45, 7) is 7.87. The highest BCUT2D eigenvalue weighted by Crippen LogP contribution is 2.33. The fourth-order valence-corrected chi connectivity index (χ4v) is 5.87. The number of nitrogens with zero attached hydrogens (tertiary/aromatic N) is 5. The number of rotatable bonds is 5. The first-order valence-corrected chi connectivity index (χ1v) is 12.3. The third-order valence-corrected chi connectivity index (χ3v) is 7.36. The van der Waals surface area contributed by atoms with E-state index in [1.54, 1.807) is 11.8 Å². The summed E-state index contributed by atoms with van der Waals surface area (Å²) in [6.07, 6.45) is 1.56. The van der Waals surface area contributed by atoms with Crippen LogP contribution >= 0.6 is 11.8 Å². The van der Waals surface area contributed by atoms with E-state index >= 15 is 0 Å². The maximum atomic E-state index is 14.4. The minimum atomic E-state index is -0.474. The largest absolute Gasteiger partial charge is 0.340 e. The molecule has 1 amide bonds. The SMILES string of the molecule is Cc1cc(C)nc(S[C@@H]2C[C@@H](C(=O)N3CCCN(C)CC3)N(Cc3cc(F)ccc3F)C2)n1. The highest BCUT2D eigenvalue weighted by Gasteiger charge is 2.40. The van der Waals surface area contributed by atoms with Gasteiger partial charge in [0.05, 0.1) is 6.04 Å². The zero-order valence-electron chi connectivity index (χ0n) is 19.4. The molecule has 0 unspecified atom stereocenters. The molecule has 6 nitrogen and oxygen atoms in total. The van der Waals surface area contributed by atoms with Gasteiger partial charge in [0, 0.05) is 54.9 Å². The standard InChI is InChI=1S/C24H31F2N5OS/c1-16-11-17(2)28-24(27-16)33-20-13-22(23(32)30-8-4-7-29(3)9-10-30)31(15-20)14-18-12-19(25)5-6-21(18)26/h5-6,11-12,20,22H,4,7-10,13-15H2,1-3H3/t20-,22+/m1/s1. The Kier molecular flexibility index (Phi) is 7.61. The van der Waals surface area contributed by atoms with Gasteiger partial charge < -0.3 is 9.80 Å². The van der Waals surface area contributed by atoms with Crippen molar-refractivity contribution in [2.75, 3.05) is 39.8 Å². The molecule has 2 saturated heterocycles. The maximum absolute atomic E-state index is 14.4. The lowest BCUT2D eigenvalue weighted by Gasteiger charge is -2.29. The summed E-state index contributed by atoms with van der Waals surface area (Å²) >= 11 is 1.56. The number of hydrogen-bond acceptors (Lipinski definition) is 6. The molecular weight excluding hydrogens is 444 g/mol. The molecule has 2 fully saturated rings. The van der Waals surface area contributed by atoms with Crippen molar-refractivity contribution in [2.24, 2.45) is 0 Å². The van der Waals surface area contributed by atoms with Crippen LogP contribution in [0.3, 0.4) is 0 Å². The smallest absolute Gasteiger partial charge is 0.240 e. The number of carbonyl (C=O) groups is 1. The number of aryl methyl sites for hydroxylation is 2. The number of thioether (sulfide) groups is 1. The number of carbonyl (C=O) groups excluding carboxylic acids is 1. The Hall–Kier alpha value is -2.10. The van der Waals surface area contributed by atoms with E-state index in [-0.39, 0.29) is 29.3 Å². The van der Waals surface area contributed by atoms with Crippen LogP contribution in [0.5, 0.6) is 0 Å². The Balaban J connectivity index is 1.55. The van der Waals surface area contributed by atoms with E-state index in [1.807, 2.05) is 29.7 Å². The number of likely N-dealkylation sites (N-methyl/N-ethyl adjacent to an activating group) is 1. The summed E-state index contributed by atoms with van der Waals surface area (Å²) in [6, 6.07) is 5.05. The zero-order chi connectivity index (χ0) is 23.5. The van der Waals surface area contributed by atoms with Gasteiger partial charge in [0.15, 0.2) is 5.16 Å². The van der Waals surface area contributed by atoms with Crippen LogP contribution in [0.2, 0.25) is 0 Å². The second kappa shape index (κ2) is 10.4. The molecule has 0 bridgehead atoms. The number of benzene rings is 1. The van der Waals surface area contributed by atoms with E-state index in [0.717, 1.165) is 49.6 Å². The third-order valence-electron chi connectivity index (χ3n) is 6.30. The van der Waals surface area contributed by atoms with Crippen LogP contribution in [0.1, 0.15) is 29.8 Å². The molecule has 0 aliphatic carbocycles. The van der Waals surface area contributed by atoms with Gasteiger partial charge in [0.25, 0.3) is 0 Å². The van der Waals surface area contributed by atoms with Gasteiger partial charge in [0.2, 0.25) is 5.91 Å². The topological polar surface area (TPSA) is 52.6 Å². The predicted octanol–water partition coefficient (Wildman–Crippen LogP) is 3.27. The van der Waals surface area contributed by atoms with Gasteiger partial charge in [-0.2, -0.15) is 0 Å². The zero-order valence-corrected chi connectivity index (χ0v) is 20.2. The van der Waals surface area contributed by atoms with E-state index < -0.39 is 11.6 Å². The van der Waals surface area contributed by atoms with Crippen molar-refractivity contribution < 1.29 is 13.6 Å². The molecule has 0 saturated carbocycles. The van der Waals surface area contributed by atoms with E-state index in [1.165, 1.54) is 6.07 Å². The van der Waals surface area contributed by atoms with Crippen molar-refractivity contribution in [1.29, 1.82) is 0 Å². The fraction of sp³-hybridized carbons (Fsp3) is 0.542. The van der Waals surface area contributed by atoms with Crippen molar-refractivity contribution in [3.05, 3.63) is 52.9 Å². The molecule has 4 rings (SSSR count). The van der Waals surface area contributed by atoms with Gasteiger partial charge in [-0.05, 0) is 64.5 Å². The number of hydrogen-bond donors (Lipinski definition) is 0. The Morgan fingerprint density at radius 3 is 2.61 bits per heavy atom. The minimum absolute atomic E-state index is 0.0755. The summed E-state index contributed by atoms with van der Waals surface area (Å²) < 4.78 is 28.2. The first-order valence-electron chi connectivity index (χ1n) is 11.4. The monoisotopic (exact) mass is 475 g/mol. The van der Waals surface area contributed by atoms with Crippen LogP contribution in [0.25, 0.3) is 0 Å². The number of likely N-dealkylation sites (tertiary alicyclic amines) is 1. The normalized spacial score (nSPS) is 22.5. The molecule has 178 valence electrons. The van der Waals surface area contributed by atoms with E-state index in [2.05, 4.69) is 21.9 Å². The maximum Gasteiger partial charge on any atom is 0.240 e. The lowest BCUT2D eigenvalue weighted by atomic mass is 10.1. The second-order valence-electron chi connectivity index (χ2n) is 9.07. The molecule has 0 N–H and O–H groups in total. The molecule has 9 heteroatoms. The molecule has 2 aliphatic heterocycles. The van der Waals surface area contributed by atoms with Gasteiger partial charge in [-0.25, -0.2) is 18.7 Å². The third kappa shape index (κ3) is 6.07. The molecule has 2 atom stereocenters. The summed E-state index contributed by atoms with van der Waals surface area (Å²) in [5.41, 5.74) is 2.09. The summed E-state index contributed by atoms with van der Waals surface area (Å²) in [7, 11) is 2.07. The van der Waals surface area contributed by atoms with E-state index in [4.69, 9.17) is 0 Å². The number of aromatic nitrogens is 2. The van der Waals surface area contributed by atoms with Crippen molar-refractivity contribution in [3.8, 4) is 0 Å². The second-order valence-corrected chi connectivity index (χ2v) is 10.3. The van der Waals surface area contributed by atoms with Crippen molar-refractivity contribution >= 4 is 17.7 Å². The van der Waals surface area contributed by atoms with Crippen molar-refractivity contribution in [1.82, 2.24) is 24.7 Å². The first-order chi connectivity index (χ1) is 15.8. The van der Waals surface area contributed by atoms with Gasteiger partial charge in [-0.15, -0.1) is 0 Å². The van der Waals surface area contributed by atoms with Gasteiger partial charge in [-0.1, -0.05) is 11.8 Å². The molecule has 0 spiro atoms. The van der Waals surface area contributed by atoms with E-state index in [0.29, 0.717) is 24.7 Å². The van der Waals surface area contributed by atoms with Crippen LogP contribution in [0.4, 0.5) is 8.78 Å². The van der Waals surface area contributed by atoms with Gasteiger partial charge in [-0.3, -0.25) is 9.69 Å². The van der Waals surface area contributed by atoms with Crippen LogP contribution in [0, 0.1) is 25.5 Å². The average molecular weight is 476 g/mol. The molecule has 2 aromatic rings. The average Bonchev–Trinajstić information content (AvgIpc) is 3.00. The van der Waals surface area contributed by atoms with Gasteiger partial charge in [0.1, 0.15) is 11.6 Å². The Bertz CT molecular complexity index is 987. The van der Waals surface area contributed by atoms with Crippen LogP contribution in [-0.2, 0) is 11.3 Å². The molecule has 1 aromatic heterocycles. The quantitative estimate of drug-likeness (QED) is 0.619. The first kappa shape index (κ1) is 24.0.